The SMILES string of the molecule is COC(=O)c1cc(C(=O)Nc2nnc(C3CCCCC3)s2)cc([N+](=O)[O-])c1. The molecule has 0 unspecified atom stereocenters. The molecule has 3 rings (SSSR count). The number of benzene rings is 1. The topological polar surface area (TPSA) is 124 Å². The molecule has 1 aliphatic rings. The lowest BCUT2D eigenvalue weighted by Crippen LogP contribution is -2.14. The second kappa shape index (κ2) is 8.21. The Balaban J connectivity index is 1.79. The van der Waals surface area contributed by atoms with Crippen molar-refractivity contribution in [3.8, 4) is 0 Å². The largest absolute Gasteiger partial charge is 0.465 e. The molecule has 0 spiro atoms. The van der Waals surface area contributed by atoms with Gasteiger partial charge < -0.3 is 4.74 Å². The van der Waals surface area contributed by atoms with Crippen LogP contribution in [0.25, 0.3) is 0 Å². The van der Waals surface area contributed by atoms with Crippen LogP contribution >= 0.6 is 11.3 Å². The molecule has 0 radical (unpaired) electrons. The van der Waals surface area contributed by atoms with Gasteiger partial charge in [-0.15, -0.1) is 10.2 Å². The van der Waals surface area contributed by atoms with Crippen molar-refractivity contribution in [3.63, 3.8) is 0 Å². The van der Waals surface area contributed by atoms with Gasteiger partial charge in [-0.05, 0) is 18.9 Å². The molecule has 0 bridgehead atoms. The summed E-state index contributed by atoms with van der Waals surface area (Å²) in [4.78, 5) is 34.6. The summed E-state index contributed by atoms with van der Waals surface area (Å²) >= 11 is 1.31. The average molecular weight is 390 g/mol. The van der Waals surface area contributed by atoms with Crippen molar-refractivity contribution in [2.24, 2.45) is 0 Å². The third kappa shape index (κ3) is 4.45. The number of amides is 1. The van der Waals surface area contributed by atoms with Gasteiger partial charge >= 0.3 is 5.97 Å². The summed E-state index contributed by atoms with van der Waals surface area (Å²) in [5.41, 5.74) is -0.473. The molecule has 2 aromatic rings. The first-order valence-corrected chi connectivity index (χ1v) is 9.32. The van der Waals surface area contributed by atoms with Gasteiger partial charge in [-0.1, -0.05) is 30.6 Å². The van der Waals surface area contributed by atoms with E-state index in [4.69, 9.17) is 0 Å². The molecule has 1 heterocycles. The highest BCUT2D eigenvalue weighted by molar-refractivity contribution is 7.15. The highest BCUT2D eigenvalue weighted by atomic mass is 32.1. The number of nitro groups is 1. The lowest BCUT2D eigenvalue weighted by molar-refractivity contribution is -0.384. The predicted octanol–water partition coefficient (Wildman–Crippen LogP) is 3.53. The molecule has 0 aliphatic heterocycles. The number of nitrogens with zero attached hydrogens (tertiary/aromatic N) is 3. The minimum absolute atomic E-state index is 0.0287. The number of ether oxygens (including phenoxy) is 1. The Kier molecular flexibility index (Phi) is 5.75. The minimum Gasteiger partial charge on any atom is -0.465 e. The summed E-state index contributed by atoms with van der Waals surface area (Å²) in [5, 5.41) is 23.1. The Morgan fingerprint density at radius 1 is 1.19 bits per heavy atom. The molecule has 0 atom stereocenters. The number of hydrogen-bond acceptors (Lipinski definition) is 8. The molecule has 10 heteroatoms. The number of rotatable bonds is 5. The van der Waals surface area contributed by atoms with Gasteiger partial charge in [-0.3, -0.25) is 20.2 Å². The van der Waals surface area contributed by atoms with E-state index in [0.29, 0.717) is 11.0 Å². The Labute approximate surface area is 158 Å². The number of nitro benzene ring substituents is 1. The van der Waals surface area contributed by atoms with Crippen LogP contribution in [-0.4, -0.2) is 34.1 Å². The van der Waals surface area contributed by atoms with Crippen LogP contribution in [0.3, 0.4) is 0 Å². The molecule has 1 fully saturated rings. The van der Waals surface area contributed by atoms with Crippen molar-refractivity contribution in [2.75, 3.05) is 12.4 Å². The standard InChI is InChI=1S/C17H18N4O5S/c1-26-16(23)12-7-11(8-13(9-12)21(24)25)14(22)18-17-20-19-15(27-17)10-5-3-2-4-6-10/h7-10H,2-6H2,1H3,(H,18,20,22). The highest BCUT2D eigenvalue weighted by Gasteiger charge is 2.22. The van der Waals surface area contributed by atoms with Crippen LogP contribution < -0.4 is 5.32 Å². The van der Waals surface area contributed by atoms with E-state index in [1.165, 1.54) is 23.8 Å². The highest BCUT2D eigenvalue weighted by Crippen LogP contribution is 2.35. The number of nitrogens with one attached hydrogen (secondary N) is 1. The average Bonchev–Trinajstić information content (AvgIpc) is 3.16. The maximum Gasteiger partial charge on any atom is 0.338 e. The molecule has 9 nitrogen and oxygen atoms in total. The molecule has 1 aromatic heterocycles. The lowest BCUT2D eigenvalue weighted by Gasteiger charge is -2.18. The van der Waals surface area contributed by atoms with Crippen LogP contribution in [0, 0.1) is 10.1 Å². The molecule has 27 heavy (non-hydrogen) atoms. The van der Waals surface area contributed by atoms with E-state index in [9.17, 15) is 19.7 Å². The van der Waals surface area contributed by atoms with E-state index in [2.05, 4.69) is 20.3 Å². The second-order valence-electron chi connectivity index (χ2n) is 6.25. The Bertz CT molecular complexity index is 876. The first kappa shape index (κ1) is 18.9. The van der Waals surface area contributed by atoms with Crippen LogP contribution in [0.15, 0.2) is 18.2 Å². The van der Waals surface area contributed by atoms with Gasteiger partial charge in [0.2, 0.25) is 5.13 Å². The first-order valence-electron chi connectivity index (χ1n) is 8.50. The number of carbonyl (C=O) groups excluding carboxylic acids is 2. The summed E-state index contributed by atoms with van der Waals surface area (Å²) < 4.78 is 4.58. The molecule has 1 amide bonds. The summed E-state index contributed by atoms with van der Waals surface area (Å²) in [6.45, 7) is 0. The number of aromatic nitrogens is 2. The van der Waals surface area contributed by atoms with E-state index in [1.807, 2.05) is 0 Å². The predicted molar refractivity (Wildman–Crippen MR) is 98.1 cm³/mol. The lowest BCUT2D eigenvalue weighted by atomic mass is 9.90. The summed E-state index contributed by atoms with van der Waals surface area (Å²) in [7, 11) is 1.16. The molecule has 1 aromatic carbocycles. The number of esters is 1. The van der Waals surface area contributed by atoms with Crippen molar-refractivity contribution in [1.82, 2.24) is 10.2 Å². The molecule has 1 aliphatic carbocycles. The van der Waals surface area contributed by atoms with Crippen LogP contribution in [0.2, 0.25) is 0 Å². The fourth-order valence-corrected chi connectivity index (χ4v) is 3.96. The Morgan fingerprint density at radius 2 is 1.89 bits per heavy atom. The quantitative estimate of drug-likeness (QED) is 0.470. The number of hydrogen-bond donors (Lipinski definition) is 1. The molecule has 1 saturated carbocycles. The van der Waals surface area contributed by atoms with Crippen molar-refractivity contribution in [1.29, 1.82) is 0 Å². The fraction of sp³-hybridized carbons (Fsp3) is 0.412. The normalized spacial score (nSPS) is 14.6. The van der Waals surface area contributed by atoms with Gasteiger partial charge in [0.1, 0.15) is 5.01 Å². The van der Waals surface area contributed by atoms with Gasteiger partial charge in [0.05, 0.1) is 17.6 Å². The zero-order valence-corrected chi connectivity index (χ0v) is 15.5. The Hall–Kier alpha value is -2.88. The summed E-state index contributed by atoms with van der Waals surface area (Å²) in [5.74, 6) is -0.996. The maximum absolute atomic E-state index is 12.5. The Morgan fingerprint density at radius 3 is 2.56 bits per heavy atom. The first-order chi connectivity index (χ1) is 13.0. The van der Waals surface area contributed by atoms with Crippen LogP contribution in [0.4, 0.5) is 10.8 Å². The summed E-state index contributed by atoms with van der Waals surface area (Å²) in [6.07, 6.45) is 5.69. The van der Waals surface area contributed by atoms with Gasteiger partial charge in [-0.2, -0.15) is 0 Å². The van der Waals surface area contributed by atoms with E-state index < -0.39 is 16.8 Å². The van der Waals surface area contributed by atoms with E-state index in [1.54, 1.807) is 0 Å². The van der Waals surface area contributed by atoms with Crippen molar-refractivity contribution in [3.05, 3.63) is 44.4 Å². The smallest absolute Gasteiger partial charge is 0.338 e. The van der Waals surface area contributed by atoms with E-state index >= 15 is 0 Å². The number of methoxy groups -OCH3 is 1. The zero-order chi connectivity index (χ0) is 19.4. The van der Waals surface area contributed by atoms with Gasteiger partial charge in [0.25, 0.3) is 11.6 Å². The van der Waals surface area contributed by atoms with Gasteiger partial charge in [-0.25, -0.2) is 4.79 Å². The van der Waals surface area contributed by atoms with Gasteiger partial charge in [0, 0.05) is 23.6 Å². The molecule has 0 saturated heterocycles. The summed E-state index contributed by atoms with van der Waals surface area (Å²) in [6, 6.07) is 3.41. The minimum atomic E-state index is -0.761. The van der Waals surface area contributed by atoms with Crippen molar-refractivity contribution in [2.45, 2.75) is 38.0 Å². The zero-order valence-electron chi connectivity index (χ0n) is 14.6. The van der Waals surface area contributed by atoms with E-state index in [-0.39, 0.29) is 16.8 Å². The third-order valence-corrected chi connectivity index (χ3v) is 5.43. The monoisotopic (exact) mass is 390 g/mol. The number of anilines is 1. The van der Waals surface area contributed by atoms with Gasteiger partial charge in [0.15, 0.2) is 0 Å². The van der Waals surface area contributed by atoms with Crippen molar-refractivity contribution >= 4 is 34.0 Å². The van der Waals surface area contributed by atoms with Crippen LogP contribution in [0.5, 0.6) is 0 Å². The second-order valence-corrected chi connectivity index (χ2v) is 7.26. The van der Waals surface area contributed by atoms with E-state index in [0.717, 1.165) is 49.9 Å². The van der Waals surface area contributed by atoms with Crippen LogP contribution in [-0.2, 0) is 4.74 Å². The van der Waals surface area contributed by atoms with Crippen molar-refractivity contribution < 1.29 is 19.2 Å². The molecule has 1 N–H and O–H groups in total. The number of non-ortho nitro benzene ring substituents is 1. The number of carbonyl (C=O) groups is 2. The fourth-order valence-electron chi connectivity index (χ4n) is 3.05. The third-order valence-electron chi connectivity index (χ3n) is 4.43. The van der Waals surface area contributed by atoms with Crippen LogP contribution in [0.1, 0.15) is 63.7 Å². The molecular weight excluding hydrogens is 372 g/mol. The maximum atomic E-state index is 12.5. The molecular formula is C17H18N4O5S. The molecule has 142 valence electrons.